The third-order valence-electron chi connectivity index (χ3n) is 2.30. The van der Waals surface area contributed by atoms with Crippen LogP contribution in [0.25, 0.3) is 0 Å². The van der Waals surface area contributed by atoms with Crippen LogP contribution in [0.2, 0.25) is 0 Å². The fraction of sp³-hybridized carbons (Fsp3) is 0.273. The molecule has 6 heteroatoms. The monoisotopic (exact) mass is 249 g/mol. The Balaban J connectivity index is 1.95. The van der Waals surface area contributed by atoms with Gasteiger partial charge in [0.1, 0.15) is 5.82 Å². The molecule has 0 aliphatic rings. The molecule has 0 spiro atoms. The summed E-state index contributed by atoms with van der Waals surface area (Å²) in [6.45, 7) is 2.11. The largest absolute Gasteiger partial charge is 0.366 e. The van der Waals surface area contributed by atoms with Gasteiger partial charge in [0, 0.05) is 6.04 Å². The summed E-state index contributed by atoms with van der Waals surface area (Å²) >= 11 is 1.71. The van der Waals surface area contributed by atoms with Crippen LogP contribution in [0.15, 0.2) is 29.2 Å². The van der Waals surface area contributed by atoms with Crippen LogP contribution in [0.4, 0.5) is 11.6 Å². The molecule has 0 saturated carbocycles. The van der Waals surface area contributed by atoms with E-state index in [1.807, 2.05) is 0 Å². The van der Waals surface area contributed by atoms with Crippen molar-refractivity contribution in [2.45, 2.75) is 19.4 Å². The van der Waals surface area contributed by atoms with Crippen molar-refractivity contribution in [1.82, 2.24) is 9.97 Å². The number of nitrogens with zero attached hydrogens (tertiary/aromatic N) is 2. The minimum atomic E-state index is 0.298. The predicted octanol–water partition coefficient (Wildman–Crippen LogP) is 1.87. The van der Waals surface area contributed by atoms with Gasteiger partial charge in [-0.2, -0.15) is 11.3 Å². The summed E-state index contributed by atoms with van der Waals surface area (Å²) in [5.74, 6) is 6.56. The molecular formula is C11H15N5S. The number of hydrazine groups is 1. The van der Waals surface area contributed by atoms with Crippen molar-refractivity contribution < 1.29 is 0 Å². The molecule has 0 aliphatic heterocycles. The third-order valence-corrected chi connectivity index (χ3v) is 3.03. The zero-order valence-electron chi connectivity index (χ0n) is 9.55. The van der Waals surface area contributed by atoms with Crippen molar-refractivity contribution in [2.24, 2.45) is 5.84 Å². The second-order valence-corrected chi connectivity index (χ2v) is 4.60. The molecule has 5 nitrogen and oxygen atoms in total. The Morgan fingerprint density at radius 1 is 1.41 bits per heavy atom. The Morgan fingerprint density at radius 3 is 2.94 bits per heavy atom. The summed E-state index contributed by atoms with van der Waals surface area (Å²) in [4.78, 5) is 8.29. The molecule has 2 aromatic rings. The molecule has 4 N–H and O–H groups in total. The van der Waals surface area contributed by atoms with Crippen molar-refractivity contribution in [3.8, 4) is 0 Å². The molecule has 2 heterocycles. The van der Waals surface area contributed by atoms with Gasteiger partial charge in [-0.3, -0.25) is 4.98 Å². The molecule has 2 rings (SSSR count). The first-order chi connectivity index (χ1) is 8.28. The Hall–Kier alpha value is -1.66. The minimum absolute atomic E-state index is 0.298. The Bertz CT molecular complexity index is 457. The Kier molecular flexibility index (Phi) is 3.89. The average molecular weight is 249 g/mol. The maximum absolute atomic E-state index is 5.28. The smallest absolute Gasteiger partial charge is 0.160 e. The lowest BCUT2D eigenvalue weighted by molar-refractivity contribution is 0.785. The van der Waals surface area contributed by atoms with Gasteiger partial charge in [0.15, 0.2) is 5.82 Å². The number of nitrogens with one attached hydrogen (secondary N) is 2. The number of hydrogen-bond acceptors (Lipinski definition) is 6. The molecule has 0 aliphatic carbocycles. The maximum atomic E-state index is 5.28. The molecular weight excluding hydrogens is 234 g/mol. The van der Waals surface area contributed by atoms with Crippen LogP contribution < -0.4 is 16.6 Å². The van der Waals surface area contributed by atoms with Gasteiger partial charge in [0.05, 0.1) is 12.4 Å². The Morgan fingerprint density at radius 2 is 2.24 bits per heavy atom. The molecule has 0 bridgehead atoms. The van der Waals surface area contributed by atoms with Crippen molar-refractivity contribution in [3.63, 3.8) is 0 Å². The minimum Gasteiger partial charge on any atom is -0.366 e. The number of aromatic nitrogens is 2. The second kappa shape index (κ2) is 5.60. The lowest BCUT2D eigenvalue weighted by Crippen LogP contribution is -2.19. The first-order valence-electron chi connectivity index (χ1n) is 5.34. The normalized spacial score (nSPS) is 12.1. The molecule has 0 fully saturated rings. The van der Waals surface area contributed by atoms with Crippen molar-refractivity contribution >= 4 is 23.0 Å². The van der Waals surface area contributed by atoms with Crippen LogP contribution in [-0.4, -0.2) is 16.0 Å². The van der Waals surface area contributed by atoms with Crippen molar-refractivity contribution in [3.05, 3.63) is 34.8 Å². The molecule has 2 aromatic heterocycles. The number of nitrogens with two attached hydrogens (primary N) is 1. The number of anilines is 2. The van der Waals surface area contributed by atoms with Crippen LogP contribution in [-0.2, 0) is 6.42 Å². The van der Waals surface area contributed by atoms with E-state index in [-0.39, 0.29) is 0 Å². The fourth-order valence-corrected chi connectivity index (χ4v) is 2.25. The molecule has 0 saturated heterocycles. The molecule has 0 aromatic carbocycles. The average Bonchev–Trinajstić information content (AvgIpc) is 2.82. The van der Waals surface area contributed by atoms with E-state index in [0.717, 1.165) is 12.2 Å². The second-order valence-electron chi connectivity index (χ2n) is 3.81. The molecule has 0 radical (unpaired) electrons. The van der Waals surface area contributed by atoms with Gasteiger partial charge in [-0.15, -0.1) is 0 Å². The van der Waals surface area contributed by atoms with E-state index in [1.165, 1.54) is 5.56 Å². The highest BCUT2D eigenvalue weighted by atomic mass is 32.1. The standard InChI is InChI=1S/C11H15N5S/c1-8(4-9-2-3-17-7-9)14-10-5-13-6-11(15-10)16-12/h2-3,5-8H,4,12H2,1H3,(H2,14,15,16). The molecule has 0 amide bonds. The fourth-order valence-electron chi connectivity index (χ4n) is 1.57. The van der Waals surface area contributed by atoms with Gasteiger partial charge in [-0.25, -0.2) is 10.8 Å². The molecule has 1 atom stereocenters. The van der Waals surface area contributed by atoms with Gasteiger partial charge in [-0.1, -0.05) is 0 Å². The van der Waals surface area contributed by atoms with Gasteiger partial charge in [0.2, 0.25) is 0 Å². The quantitative estimate of drug-likeness (QED) is 0.557. The lowest BCUT2D eigenvalue weighted by Gasteiger charge is -2.13. The van der Waals surface area contributed by atoms with E-state index in [4.69, 9.17) is 5.84 Å². The van der Waals surface area contributed by atoms with Crippen LogP contribution in [0.3, 0.4) is 0 Å². The number of hydrogen-bond donors (Lipinski definition) is 3. The zero-order chi connectivity index (χ0) is 12.1. The molecule has 17 heavy (non-hydrogen) atoms. The summed E-state index contributed by atoms with van der Waals surface area (Å²) in [6.07, 6.45) is 4.23. The SMILES string of the molecule is CC(Cc1ccsc1)Nc1cncc(NN)n1. The van der Waals surface area contributed by atoms with E-state index < -0.39 is 0 Å². The zero-order valence-corrected chi connectivity index (χ0v) is 10.4. The summed E-state index contributed by atoms with van der Waals surface area (Å²) in [7, 11) is 0. The van der Waals surface area contributed by atoms with E-state index in [0.29, 0.717) is 11.9 Å². The van der Waals surface area contributed by atoms with Gasteiger partial charge >= 0.3 is 0 Å². The number of thiophene rings is 1. The van der Waals surface area contributed by atoms with Crippen molar-refractivity contribution in [2.75, 3.05) is 10.7 Å². The first-order valence-corrected chi connectivity index (χ1v) is 6.28. The first kappa shape index (κ1) is 11.8. The van der Waals surface area contributed by atoms with Crippen LogP contribution in [0.5, 0.6) is 0 Å². The highest BCUT2D eigenvalue weighted by Gasteiger charge is 2.05. The van der Waals surface area contributed by atoms with E-state index in [1.54, 1.807) is 23.7 Å². The highest BCUT2D eigenvalue weighted by molar-refractivity contribution is 7.07. The van der Waals surface area contributed by atoms with Crippen LogP contribution in [0.1, 0.15) is 12.5 Å². The van der Waals surface area contributed by atoms with E-state index >= 15 is 0 Å². The van der Waals surface area contributed by atoms with E-state index in [2.05, 4.69) is 44.5 Å². The van der Waals surface area contributed by atoms with Crippen LogP contribution in [0, 0.1) is 0 Å². The summed E-state index contributed by atoms with van der Waals surface area (Å²) < 4.78 is 0. The topological polar surface area (TPSA) is 75.9 Å². The molecule has 90 valence electrons. The summed E-state index contributed by atoms with van der Waals surface area (Å²) in [5.41, 5.74) is 3.80. The van der Waals surface area contributed by atoms with E-state index in [9.17, 15) is 0 Å². The Labute approximate surface area is 104 Å². The highest BCUT2D eigenvalue weighted by Crippen LogP contribution is 2.12. The summed E-state index contributed by atoms with van der Waals surface area (Å²) in [6, 6.07) is 2.43. The van der Waals surface area contributed by atoms with Crippen LogP contribution >= 0.6 is 11.3 Å². The third kappa shape index (κ3) is 3.40. The number of rotatable bonds is 5. The van der Waals surface area contributed by atoms with Gasteiger partial charge in [0.25, 0.3) is 0 Å². The maximum Gasteiger partial charge on any atom is 0.160 e. The lowest BCUT2D eigenvalue weighted by atomic mass is 10.1. The molecule has 1 unspecified atom stereocenters. The van der Waals surface area contributed by atoms with Gasteiger partial charge in [-0.05, 0) is 35.7 Å². The van der Waals surface area contributed by atoms with Crippen molar-refractivity contribution in [1.29, 1.82) is 0 Å². The summed E-state index contributed by atoms with van der Waals surface area (Å²) in [5, 5.41) is 7.53. The van der Waals surface area contributed by atoms with Gasteiger partial charge < -0.3 is 10.7 Å². The number of nitrogen functional groups attached to an aromatic ring is 1. The predicted molar refractivity (Wildman–Crippen MR) is 70.9 cm³/mol.